The van der Waals surface area contributed by atoms with E-state index in [0.29, 0.717) is 42.3 Å². The Bertz CT molecular complexity index is 2260. The molecule has 1 N–H and O–H groups in total. The van der Waals surface area contributed by atoms with Gasteiger partial charge in [0.25, 0.3) is 11.8 Å². The molecule has 2 amide bonds. The summed E-state index contributed by atoms with van der Waals surface area (Å²) in [5, 5.41) is 20.5. The number of aromatic nitrogens is 3. The Balaban J connectivity index is 1.20. The SMILES string of the molecule is C=CCN1C(=O)[C@]2(O[C@H](CCn3cc(C(CO)c4ccccc4)nn3)[C@@H]([Si](C)(C)c3ccc(OC)cc3)[C@@H]2C)c2cc(N3C(=O)COc4ccccc43)ccc21. The van der Waals surface area contributed by atoms with E-state index < -0.39 is 13.7 Å². The van der Waals surface area contributed by atoms with Gasteiger partial charge < -0.3 is 24.2 Å². The maximum absolute atomic E-state index is 15.1. The third-order valence-electron chi connectivity index (χ3n) is 12.0. The molecular formula is C44H47N5O6Si. The molecule has 0 bridgehead atoms. The number of methoxy groups -OCH3 is 1. The molecule has 1 unspecified atom stereocenters. The van der Waals surface area contributed by atoms with Crippen molar-refractivity contribution >= 4 is 42.1 Å². The first-order chi connectivity index (χ1) is 27.1. The van der Waals surface area contributed by atoms with Crippen LogP contribution in [0.5, 0.6) is 11.5 Å². The van der Waals surface area contributed by atoms with Crippen molar-refractivity contribution < 1.29 is 28.9 Å². The van der Waals surface area contributed by atoms with E-state index in [1.54, 1.807) is 23.0 Å². The molecule has 5 aromatic rings. The van der Waals surface area contributed by atoms with Gasteiger partial charge in [0, 0.05) is 36.5 Å². The predicted molar refractivity (Wildman–Crippen MR) is 218 cm³/mol. The Morgan fingerprint density at radius 1 is 1.02 bits per heavy atom. The van der Waals surface area contributed by atoms with Crippen molar-refractivity contribution in [1.82, 2.24) is 15.0 Å². The standard InChI is InChI=1S/C44H47N5O6Si/c1-6-23-48-37-21-16-31(49-38-14-10-11-15-39(38)54-28-41(49)51)25-35(37)44(43(48)52)29(2)42(56(4,5)33-19-17-32(53-3)18-20-33)40(55-44)22-24-47-26-36(45-46-47)34(27-50)30-12-8-7-9-13-30/h6-21,25-26,29,34,40,42,50H,1,22-24,27-28H2,2-5H3/t29-,34?,40+,42-,44+/m0/s1. The van der Waals surface area contributed by atoms with Gasteiger partial charge >= 0.3 is 0 Å². The minimum atomic E-state index is -2.43. The molecule has 0 aliphatic carbocycles. The maximum atomic E-state index is 15.1. The molecule has 11 nitrogen and oxygen atoms in total. The Hall–Kier alpha value is -5.56. The number of amides is 2. The van der Waals surface area contributed by atoms with Crippen LogP contribution in [0.15, 0.2) is 116 Å². The fraction of sp³-hybridized carbons (Fsp3) is 0.318. The van der Waals surface area contributed by atoms with Crippen LogP contribution in [0, 0.1) is 5.92 Å². The lowest BCUT2D eigenvalue weighted by molar-refractivity contribution is -0.145. The second-order valence-electron chi connectivity index (χ2n) is 15.4. The zero-order valence-electron chi connectivity index (χ0n) is 32.2. The molecule has 0 saturated carbocycles. The minimum absolute atomic E-state index is 0.0109. The van der Waals surface area contributed by atoms with E-state index in [1.807, 2.05) is 95.8 Å². The van der Waals surface area contributed by atoms with Crippen LogP contribution in [0.1, 0.15) is 36.1 Å². The van der Waals surface area contributed by atoms with Crippen LogP contribution in [-0.2, 0) is 26.5 Å². The Labute approximate surface area is 328 Å². The number of ether oxygens (including phenoxy) is 3. The summed E-state index contributed by atoms with van der Waals surface area (Å²) in [6.45, 7) is 11.5. The number of fused-ring (bicyclic) bond motifs is 3. The number of carbonyl (C=O) groups is 2. The van der Waals surface area contributed by atoms with Crippen molar-refractivity contribution in [3.05, 3.63) is 133 Å². The van der Waals surface area contributed by atoms with Crippen molar-refractivity contribution in [3.8, 4) is 11.5 Å². The number of hydrogen-bond donors (Lipinski definition) is 1. The smallest absolute Gasteiger partial charge is 0.269 e. The highest BCUT2D eigenvalue weighted by Gasteiger charge is 2.66. The lowest BCUT2D eigenvalue weighted by Crippen LogP contribution is -2.52. The number of rotatable bonds is 12. The summed E-state index contributed by atoms with van der Waals surface area (Å²) in [5.41, 5.74) is 3.11. The zero-order valence-corrected chi connectivity index (χ0v) is 33.2. The number of nitrogens with zero attached hydrogens (tertiary/aromatic N) is 5. The molecule has 4 aromatic carbocycles. The Morgan fingerprint density at radius 2 is 1.77 bits per heavy atom. The molecule has 1 saturated heterocycles. The molecule has 56 heavy (non-hydrogen) atoms. The van der Waals surface area contributed by atoms with Gasteiger partial charge in [-0.25, -0.2) is 0 Å². The van der Waals surface area contributed by atoms with Gasteiger partial charge in [0.15, 0.2) is 12.2 Å². The van der Waals surface area contributed by atoms with Gasteiger partial charge in [-0.2, -0.15) is 0 Å². The second-order valence-corrected chi connectivity index (χ2v) is 20.1. The number of benzene rings is 4. The maximum Gasteiger partial charge on any atom is 0.269 e. The molecule has 4 heterocycles. The van der Waals surface area contributed by atoms with Gasteiger partial charge in [-0.15, -0.1) is 11.7 Å². The van der Waals surface area contributed by atoms with E-state index in [0.717, 1.165) is 22.6 Å². The molecule has 5 atom stereocenters. The van der Waals surface area contributed by atoms with Crippen LogP contribution in [0.2, 0.25) is 18.6 Å². The summed E-state index contributed by atoms with van der Waals surface area (Å²) in [5.74, 6) is 0.533. The van der Waals surface area contributed by atoms with Crippen LogP contribution in [0.25, 0.3) is 0 Å². The minimum Gasteiger partial charge on any atom is -0.497 e. The fourth-order valence-electron chi connectivity index (χ4n) is 9.30. The molecule has 12 heteroatoms. The Morgan fingerprint density at radius 3 is 2.50 bits per heavy atom. The summed E-state index contributed by atoms with van der Waals surface area (Å²) in [6, 6.07) is 31.4. The van der Waals surface area contributed by atoms with Gasteiger partial charge in [-0.1, -0.05) is 91.1 Å². The molecule has 3 aliphatic heterocycles. The van der Waals surface area contributed by atoms with E-state index in [-0.39, 0.29) is 48.5 Å². The summed E-state index contributed by atoms with van der Waals surface area (Å²) in [7, 11) is -0.764. The number of aliphatic hydroxyl groups is 1. The van der Waals surface area contributed by atoms with Crippen LogP contribution < -0.4 is 24.5 Å². The number of para-hydroxylation sites is 2. The number of carbonyl (C=O) groups excluding carboxylic acids is 2. The number of aliphatic hydroxyl groups excluding tert-OH is 1. The molecule has 0 radical (unpaired) electrons. The van der Waals surface area contributed by atoms with Gasteiger partial charge in [0.05, 0.1) is 50.9 Å². The van der Waals surface area contributed by atoms with E-state index in [2.05, 4.69) is 49.0 Å². The predicted octanol–water partition coefficient (Wildman–Crippen LogP) is 6.31. The zero-order chi connectivity index (χ0) is 39.2. The largest absolute Gasteiger partial charge is 0.497 e. The van der Waals surface area contributed by atoms with Gasteiger partial charge in [0.1, 0.15) is 11.5 Å². The average molecular weight is 770 g/mol. The molecule has 288 valence electrons. The van der Waals surface area contributed by atoms with Crippen molar-refractivity contribution in [2.24, 2.45) is 5.92 Å². The second kappa shape index (κ2) is 14.8. The summed E-state index contributed by atoms with van der Waals surface area (Å²) in [4.78, 5) is 32.1. The first-order valence-electron chi connectivity index (χ1n) is 19.1. The van der Waals surface area contributed by atoms with Crippen LogP contribution in [0.4, 0.5) is 17.1 Å². The van der Waals surface area contributed by atoms with E-state index in [1.165, 1.54) is 5.19 Å². The van der Waals surface area contributed by atoms with Crippen LogP contribution in [-0.4, -0.2) is 73.0 Å². The molecule has 3 aliphatic rings. The average Bonchev–Trinajstić information content (AvgIpc) is 3.88. The molecule has 8 rings (SSSR count). The third kappa shape index (κ3) is 6.12. The highest BCUT2D eigenvalue weighted by atomic mass is 28.3. The van der Waals surface area contributed by atoms with Gasteiger partial charge in [0.2, 0.25) is 0 Å². The van der Waals surface area contributed by atoms with Crippen molar-refractivity contribution in [2.75, 3.05) is 36.7 Å². The molecule has 1 fully saturated rings. The van der Waals surface area contributed by atoms with Crippen molar-refractivity contribution in [1.29, 1.82) is 0 Å². The van der Waals surface area contributed by atoms with Gasteiger partial charge in [-0.3, -0.25) is 19.2 Å². The molecule has 1 spiro atoms. The topological polar surface area (TPSA) is 119 Å². The quantitative estimate of drug-likeness (QED) is 0.116. The number of anilines is 3. The van der Waals surface area contributed by atoms with Gasteiger partial charge in [-0.05, 0) is 60.0 Å². The molecular weight excluding hydrogens is 723 g/mol. The number of hydrogen-bond acceptors (Lipinski definition) is 8. The highest BCUT2D eigenvalue weighted by molar-refractivity contribution is 6.91. The summed E-state index contributed by atoms with van der Waals surface area (Å²) < 4.78 is 20.5. The first-order valence-corrected chi connectivity index (χ1v) is 22.2. The fourth-order valence-corrected chi connectivity index (χ4v) is 13.4. The van der Waals surface area contributed by atoms with E-state index in [4.69, 9.17) is 14.2 Å². The Kier molecular flexibility index (Phi) is 9.90. The van der Waals surface area contributed by atoms with E-state index in [9.17, 15) is 9.90 Å². The lowest BCUT2D eigenvalue weighted by Gasteiger charge is -2.37. The monoisotopic (exact) mass is 769 g/mol. The highest BCUT2D eigenvalue weighted by Crippen LogP contribution is 2.60. The van der Waals surface area contributed by atoms with Crippen LogP contribution >= 0.6 is 0 Å². The van der Waals surface area contributed by atoms with Crippen LogP contribution in [0.3, 0.4) is 0 Å². The number of aryl methyl sites for hydroxylation is 1. The summed E-state index contributed by atoms with van der Waals surface area (Å²) in [6.07, 6.45) is 3.87. The summed E-state index contributed by atoms with van der Waals surface area (Å²) >= 11 is 0. The molecule has 1 aromatic heterocycles. The van der Waals surface area contributed by atoms with Crippen molar-refractivity contribution in [2.45, 2.75) is 56.1 Å². The first kappa shape index (κ1) is 37.4. The lowest BCUT2D eigenvalue weighted by atomic mass is 9.82. The third-order valence-corrected chi connectivity index (χ3v) is 16.4. The van der Waals surface area contributed by atoms with Crippen molar-refractivity contribution in [3.63, 3.8) is 0 Å². The normalized spacial score (nSPS) is 22.2. The van der Waals surface area contributed by atoms with E-state index >= 15 is 4.79 Å².